The summed E-state index contributed by atoms with van der Waals surface area (Å²) in [5.74, 6) is 0.148. The first-order chi connectivity index (χ1) is 11.4. The standard InChI is InChI=1S/C18H22O5S/c1-2-3-4-5-9-14-10-8-11-15(19)18(14)23-16-12-6-7-13-17(16)24(20,21)22/h6-8,10-13,19H,2-5,9H2,1H3,(H,20,21,22). The van der Waals surface area contributed by atoms with Crippen molar-refractivity contribution in [1.82, 2.24) is 0 Å². The maximum absolute atomic E-state index is 11.5. The van der Waals surface area contributed by atoms with Crippen molar-refractivity contribution in [3.05, 3.63) is 48.0 Å². The summed E-state index contributed by atoms with van der Waals surface area (Å²) in [7, 11) is -4.41. The van der Waals surface area contributed by atoms with E-state index in [1.54, 1.807) is 12.1 Å². The Morgan fingerprint density at radius 2 is 1.75 bits per heavy atom. The largest absolute Gasteiger partial charge is 0.504 e. The van der Waals surface area contributed by atoms with Crippen LogP contribution < -0.4 is 4.74 Å². The van der Waals surface area contributed by atoms with Gasteiger partial charge in [-0.25, -0.2) is 0 Å². The molecule has 0 aliphatic carbocycles. The van der Waals surface area contributed by atoms with Crippen molar-refractivity contribution in [3.8, 4) is 17.2 Å². The second kappa shape index (κ2) is 8.17. The molecule has 0 bridgehead atoms. The lowest BCUT2D eigenvalue weighted by Crippen LogP contribution is -2.02. The third kappa shape index (κ3) is 4.72. The summed E-state index contributed by atoms with van der Waals surface area (Å²) < 4.78 is 37.9. The van der Waals surface area contributed by atoms with Crippen LogP contribution in [0.3, 0.4) is 0 Å². The second-order valence-electron chi connectivity index (χ2n) is 5.60. The second-order valence-corrected chi connectivity index (χ2v) is 6.99. The smallest absolute Gasteiger partial charge is 0.298 e. The highest BCUT2D eigenvalue weighted by atomic mass is 32.2. The molecule has 0 spiro atoms. The van der Waals surface area contributed by atoms with Crippen LogP contribution in [0, 0.1) is 0 Å². The number of rotatable bonds is 8. The Bertz CT molecular complexity index is 784. The highest BCUT2D eigenvalue weighted by Crippen LogP contribution is 2.37. The van der Waals surface area contributed by atoms with Crippen molar-refractivity contribution in [2.75, 3.05) is 0 Å². The lowest BCUT2D eigenvalue weighted by Gasteiger charge is -2.14. The molecule has 2 aromatic rings. The van der Waals surface area contributed by atoms with Crippen LogP contribution in [-0.2, 0) is 16.5 Å². The van der Waals surface area contributed by atoms with Gasteiger partial charge < -0.3 is 9.84 Å². The number of ether oxygens (including phenoxy) is 1. The lowest BCUT2D eigenvalue weighted by atomic mass is 10.0. The fourth-order valence-corrected chi connectivity index (χ4v) is 3.10. The summed E-state index contributed by atoms with van der Waals surface area (Å²) in [6.45, 7) is 2.13. The van der Waals surface area contributed by atoms with E-state index in [9.17, 15) is 18.1 Å². The first-order valence-electron chi connectivity index (χ1n) is 7.98. The van der Waals surface area contributed by atoms with E-state index in [0.29, 0.717) is 0 Å². The Kier molecular flexibility index (Phi) is 6.23. The normalized spacial score (nSPS) is 11.4. The average molecular weight is 350 g/mol. The van der Waals surface area contributed by atoms with Gasteiger partial charge in [0, 0.05) is 0 Å². The number of aryl methyl sites for hydroxylation is 1. The van der Waals surface area contributed by atoms with Crippen LogP contribution in [-0.4, -0.2) is 18.1 Å². The van der Waals surface area contributed by atoms with Crippen LogP contribution in [0.4, 0.5) is 0 Å². The Morgan fingerprint density at radius 3 is 2.46 bits per heavy atom. The molecule has 5 nitrogen and oxygen atoms in total. The van der Waals surface area contributed by atoms with Gasteiger partial charge >= 0.3 is 0 Å². The minimum atomic E-state index is -4.41. The first-order valence-corrected chi connectivity index (χ1v) is 9.42. The summed E-state index contributed by atoms with van der Waals surface area (Å²) in [4.78, 5) is -0.329. The molecule has 2 aromatic carbocycles. The number of unbranched alkanes of at least 4 members (excludes halogenated alkanes) is 3. The van der Waals surface area contributed by atoms with Crippen molar-refractivity contribution in [2.45, 2.75) is 43.9 Å². The van der Waals surface area contributed by atoms with Gasteiger partial charge in [0.2, 0.25) is 0 Å². The minimum absolute atomic E-state index is 0.0173. The van der Waals surface area contributed by atoms with Gasteiger partial charge in [0.05, 0.1) is 0 Å². The summed E-state index contributed by atoms with van der Waals surface area (Å²) in [5, 5.41) is 10.1. The Morgan fingerprint density at radius 1 is 1.00 bits per heavy atom. The molecule has 0 atom stereocenters. The number of phenolic OH excluding ortho intramolecular Hbond substituents is 1. The van der Waals surface area contributed by atoms with E-state index >= 15 is 0 Å². The molecule has 0 radical (unpaired) electrons. The lowest BCUT2D eigenvalue weighted by molar-refractivity contribution is 0.397. The van der Waals surface area contributed by atoms with Crippen molar-refractivity contribution in [1.29, 1.82) is 0 Å². The summed E-state index contributed by atoms with van der Waals surface area (Å²) in [6.07, 6.45) is 5.02. The quantitative estimate of drug-likeness (QED) is 0.539. The fourth-order valence-electron chi connectivity index (χ4n) is 2.49. The SMILES string of the molecule is CCCCCCc1cccc(O)c1Oc1ccccc1S(=O)(=O)O. The van der Waals surface area contributed by atoms with Crippen molar-refractivity contribution < 1.29 is 22.8 Å². The van der Waals surface area contributed by atoms with Gasteiger partial charge in [-0.2, -0.15) is 8.42 Å². The van der Waals surface area contributed by atoms with Gasteiger partial charge in [-0.1, -0.05) is 50.5 Å². The summed E-state index contributed by atoms with van der Waals surface area (Å²) in [6, 6.07) is 10.9. The number of aromatic hydroxyl groups is 1. The zero-order chi connectivity index (χ0) is 17.6. The Balaban J connectivity index is 2.30. The average Bonchev–Trinajstić information content (AvgIpc) is 2.54. The van der Waals surface area contributed by atoms with Crippen LogP contribution in [0.5, 0.6) is 17.2 Å². The molecule has 0 fully saturated rings. The van der Waals surface area contributed by atoms with Crippen molar-refractivity contribution in [2.24, 2.45) is 0 Å². The van der Waals surface area contributed by atoms with E-state index < -0.39 is 10.1 Å². The molecule has 6 heteroatoms. The molecule has 0 aromatic heterocycles. The van der Waals surface area contributed by atoms with Crippen LogP contribution >= 0.6 is 0 Å². The van der Waals surface area contributed by atoms with E-state index in [1.807, 2.05) is 6.07 Å². The first kappa shape index (κ1) is 18.3. The van der Waals surface area contributed by atoms with Gasteiger partial charge in [0.1, 0.15) is 10.6 Å². The predicted octanol–water partition coefficient (Wildman–Crippen LogP) is 4.55. The van der Waals surface area contributed by atoms with E-state index in [2.05, 4.69) is 6.92 Å². The number of phenols is 1. The number of benzene rings is 2. The molecule has 130 valence electrons. The molecule has 0 unspecified atom stereocenters. The molecular formula is C18H22O5S. The van der Waals surface area contributed by atoms with Crippen molar-refractivity contribution in [3.63, 3.8) is 0 Å². The van der Waals surface area contributed by atoms with Crippen LogP contribution in [0.25, 0.3) is 0 Å². The molecule has 0 aliphatic rings. The van der Waals surface area contributed by atoms with Gasteiger partial charge in [0.15, 0.2) is 11.5 Å². The highest BCUT2D eigenvalue weighted by Gasteiger charge is 2.19. The number of hydrogen-bond donors (Lipinski definition) is 2. The molecule has 0 amide bonds. The molecule has 0 saturated heterocycles. The predicted molar refractivity (Wildman–Crippen MR) is 92.3 cm³/mol. The minimum Gasteiger partial charge on any atom is -0.504 e. The van der Waals surface area contributed by atoms with Crippen LogP contribution in [0.2, 0.25) is 0 Å². The molecule has 0 aliphatic heterocycles. The molecule has 24 heavy (non-hydrogen) atoms. The van der Waals surface area contributed by atoms with E-state index in [4.69, 9.17) is 4.74 Å². The van der Waals surface area contributed by atoms with Crippen LogP contribution in [0.15, 0.2) is 47.4 Å². The zero-order valence-corrected chi connectivity index (χ0v) is 14.4. The van der Waals surface area contributed by atoms with Gasteiger partial charge in [-0.3, -0.25) is 4.55 Å². The third-order valence-electron chi connectivity index (χ3n) is 3.71. The number of hydrogen-bond acceptors (Lipinski definition) is 4. The molecule has 2 N–H and O–H groups in total. The Hall–Kier alpha value is -2.05. The van der Waals surface area contributed by atoms with E-state index in [1.165, 1.54) is 24.3 Å². The molecular weight excluding hydrogens is 328 g/mol. The summed E-state index contributed by atoms with van der Waals surface area (Å²) >= 11 is 0. The molecule has 0 saturated carbocycles. The summed E-state index contributed by atoms with van der Waals surface area (Å²) in [5.41, 5.74) is 0.802. The van der Waals surface area contributed by atoms with Crippen molar-refractivity contribution >= 4 is 10.1 Å². The maximum Gasteiger partial charge on any atom is 0.298 e. The van der Waals surface area contributed by atoms with Crippen LogP contribution in [0.1, 0.15) is 38.2 Å². The third-order valence-corrected chi connectivity index (χ3v) is 4.61. The van der Waals surface area contributed by atoms with Gasteiger partial charge in [-0.05, 0) is 36.6 Å². The van der Waals surface area contributed by atoms with Gasteiger partial charge in [-0.15, -0.1) is 0 Å². The Labute approximate surface area is 142 Å². The van der Waals surface area contributed by atoms with E-state index in [-0.39, 0.29) is 22.1 Å². The maximum atomic E-state index is 11.5. The highest BCUT2D eigenvalue weighted by molar-refractivity contribution is 7.86. The number of para-hydroxylation sites is 2. The molecule has 0 heterocycles. The van der Waals surface area contributed by atoms with E-state index in [0.717, 1.165) is 37.7 Å². The zero-order valence-electron chi connectivity index (χ0n) is 13.6. The topological polar surface area (TPSA) is 83.8 Å². The van der Waals surface area contributed by atoms with Gasteiger partial charge in [0.25, 0.3) is 10.1 Å². The molecule has 2 rings (SSSR count). The monoisotopic (exact) mass is 350 g/mol. The fraction of sp³-hybridized carbons (Fsp3) is 0.333.